The Kier molecular flexibility index (Phi) is 5.41. The topological polar surface area (TPSA) is 55.1 Å². The maximum atomic E-state index is 12.3. The first kappa shape index (κ1) is 15.6. The van der Waals surface area contributed by atoms with Crippen LogP contribution in [-0.2, 0) is 0 Å². The van der Waals surface area contributed by atoms with E-state index in [0.717, 1.165) is 24.3 Å². The van der Waals surface area contributed by atoms with Gasteiger partial charge in [-0.15, -0.1) is 0 Å². The van der Waals surface area contributed by atoms with E-state index in [1.165, 1.54) is 6.42 Å². The third kappa shape index (κ3) is 4.34. The molecule has 1 aromatic carbocycles. The van der Waals surface area contributed by atoms with Crippen LogP contribution in [0.4, 0.5) is 0 Å². The van der Waals surface area contributed by atoms with E-state index in [2.05, 4.69) is 31.0 Å². The summed E-state index contributed by atoms with van der Waals surface area (Å²) in [6.07, 6.45) is 3.33. The van der Waals surface area contributed by atoms with Crippen molar-refractivity contribution >= 4 is 5.91 Å². The highest BCUT2D eigenvalue weighted by Gasteiger charge is 2.25. The van der Waals surface area contributed by atoms with Crippen molar-refractivity contribution in [3.8, 4) is 11.8 Å². The zero-order valence-electron chi connectivity index (χ0n) is 12.9. The number of hydrogen-bond donors (Lipinski definition) is 2. The zero-order chi connectivity index (χ0) is 15.2. The van der Waals surface area contributed by atoms with Crippen molar-refractivity contribution in [3.05, 3.63) is 35.4 Å². The average molecular weight is 284 g/mol. The van der Waals surface area contributed by atoms with Gasteiger partial charge in [-0.3, -0.25) is 4.79 Å². The third-order valence-corrected chi connectivity index (χ3v) is 4.39. The monoisotopic (exact) mass is 284 g/mol. The predicted octanol–water partition coefficient (Wildman–Crippen LogP) is 2.55. The fraction of sp³-hybridized carbons (Fsp3) is 0.500. The van der Waals surface area contributed by atoms with Crippen molar-refractivity contribution in [2.24, 2.45) is 17.6 Å². The van der Waals surface area contributed by atoms with E-state index in [0.29, 0.717) is 24.1 Å². The summed E-state index contributed by atoms with van der Waals surface area (Å²) in [5.74, 6) is 7.20. The number of nitrogens with one attached hydrogen (secondary N) is 1. The Morgan fingerprint density at radius 1 is 1.33 bits per heavy atom. The molecular weight excluding hydrogens is 260 g/mol. The van der Waals surface area contributed by atoms with Crippen LogP contribution in [0.2, 0.25) is 0 Å². The first-order valence-electron chi connectivity index (χ1n) is 7.70. The minimum atomic E-state index is -0.00171. The van der Waals surface area contributed by atoms with Gasteiger partial charge in [-0.05, 0) is 49.3 Å². The van der Waals surface area contributed by atoms with E-state index in [1.54, 1.807) is 0 Å². The summed E-state index contributed by atoms with van der Waals surface area (Å²) >= 11 is 0. The van der Waals surface area contributed by atoms with Crippen LogP contribution in [0.1, 0.15) is 49.0 Å². The van der Waals surface area contributed by atoms with E-state index in [1.807, 2.05) is 24.3 Å². The molecule has 0 saturated heterocycles. The van der Waals surface area contributed by atoms with Gasteiger partial charge in [0.2, 0.25) is 0 Å². The van der Waals surface area contributed by atoms with Gasteiger partial charge in [-0.25, -0.2) is 0 Å². The number of rotatable bonds is 2. The second kappa shape index (κ2) is 7.28. The molecule has 1 aliphatic carbocycles. The molecule has 0 spiro atoms. The van der Waals surface area contributed by atoms with Crippen LogP contribution < -0.4 is 11.1 Å². The Hall–Kier alpha value is -1.79. The van der Waals surface area contributed by atoms with Crippen LogP contribution in [0.3, 0.4) is 0 Å². The Labute approximate surface area is 127 Å². The largest absolute Gasteiger partial charge is 0.349 e. The van der Waals surface area contributed by atoms with Gasteiger partial charge >= 0.3 is 0 Å². The maximum absolute atomic E-state index is 12.3. The highest BCUT2D eigenvalue weighted by Crippen LogP contribution is 2.29. The number of benzene rings is 1. The van der Waals surface area contributed by atoms with Gasteiger partial charge in [0.1, 0.15) is 0 Å². The first-order valence-corrected chi connectivity index (χ1v) is 7.70. The number of carbonyl (C=O) groups is 1. The fourth-order valence-corrected chi connectivity index (χ4v) is 2.84. The molecule has 0 radical (unpaired) electrons. The van der Waals surface area contributed by atoms with Gasteiger partial charge in [0.05, 0.1) is 6.54 Å². The lowest BCUT2D eigenvalue weighted by atomic mass is 9.79. The minimum Gasteiger partial charge on any atom is -0.349 e. The van der Waals surface area contributed by atoms with Crippen molar-refractivity contribution in [1.29, 1.82) is 0 Å². The Morgan fingerprint density at radius 2 is 2.14 bits per heavy atom. The van der Waals surface area contributed by atoms with Crippen molar-refractivity contribution < 1.29 is 4.79 Å². The smallest absolute Gasteiger partial charge is 0.251 e. The Balaban J connectivity index is 2.00. The summed E-state index contributed by atoms with van der Waals surface area (Å²) < 4.78 is 0. The van der Waals surface area contributed by atoms with E-state index < -0.39 is 0 Å². The predicted molar refractivity (Wildman–Crippen MR) is 85.8 cm³/mol. The molecule has 0 aliphatic heterocycles. The standard InChI is InChI=1S/C18H24N2O/c1-13-8-9-17(11-14(13)2)20-18(21)16-7-3-5-15(12-16)6-4-10-19/h3,5,7,12-14,17H,8-11,19H2,1-2H3,(H,20,21). The number of nitrogens with two attached hydrogens (primary N) is 1. The molecule has 0 heterocycles. The molecular formula is C18H24N2O. The molecule has 0 bridgehead atoms. The number of carbonyl (C=O) groups excluding carboxylic acids is 1. The molecule has 3 unspecified atom stereocenters. The molecule has 0 aromatic heterocycles. The maximum Gasteiger partial charge on any atom is 0.251 e. The Morgan fingerprint density at radius 3 is 2.86 bits per heavy atom. The normalized spacial score (nSPS) is 24.8. The lowest BCUT2D eigenvalue weighted by Gasteiger charge is -2.32. The average Bonchev–Trinajstić information content (AvgIpc) is 2.49. The van der Waals surface area contributed by atoms with Gasteiger partial charge in [-0.1, -0.05) is 31.8 Å². The zero-order valence-corrected chi connectivity index (χ0v) is 12.9. The van der Waals surface area contributed by atoms with E-state index in [4.69, 9.17) is 5.73 Å². The molecule has 21 heavy (non-hydrogen) atoms. The molecule has 1 amide bonds. The first-order chi connectivity index (χ1) is 10.1. The molecule has 3 heteroatoms. The summed E-state index contributed by atoms with van der Waals surface area (Å²) in [5.41, 5.74) is 6.87. The van der Waals surface area contributed by atoms with Gasteiger partial charge in [0, 0.05) is 17.2 Å². The molecule has 1 aliphatic rings. The fourth-order valence-electron chi connectivity index (χ4n) is 2.84. The SMILES string of the molecule is CC1CCC(NC(=O)c2cccc(C#CCN)c2)CC1C. The Bertz CT molecular complexity index is 556. The summed E-state index contributed by atoms with van der Waals surface area (Å²) in [5, 5.41) is 3.16. The van der Waals surface area contributed by atoms with Crippen LogP contribution in [-0.4, -0.2) is 18.5 Å². The molecule has 1 fully saturated rings. The van der Waals surface area contributed by atoms with Crippen molar-refractivity contribution in [2.75, 3.05) is 6.54 Å². The summed E-state index contributed by atoms with van der Waals surface area (Å²) in [6.45, 7) is 4.89. The van der Waals surface area contributed by atoms with Crippen molar-refractivity contribution in [2.45, 2.75) is 39.2 Å². The number of amides is 1. The molecule has 1 saturated carbocycles. The molecule has 3 N–H and O–H groups in total. The van der Waals surface area contributed by atoms with Crippen LogP contribution in [0.15, 0.2) is 24.3 Å². The van der Waals surface area contributed by atoms with Crippen molar-refractivity contribution in [3.63, 3.8) is 0 Å². The lowest BCUT2D eigenvalue weighted by molar-refractivity contribution is 0.0910. The van der Waals surface area contributed by atoms with Crippen LogP contribution >= 0.6 is 0 Å². The summed E-state index contributed by atoms with van der Waals surface area (Å²) in [4.78, 5) is 12.3. The summed E-state index contributed by atoms with van der Waals surface area (Å²) in [7, 11) is 0. The van der Waals surface area contributed by atoms with Crippen molar-refractivity contribution in [1.82, 2.24) is 5.32 Å². The highest BCUT2D eigenvalue weighted by molar-refractivity contribution is 5.94. The van der Waals surface area contributed by atoms with E-state index in [9.17, 15) is 4.79 Å². The highest BCUT2D eigenvalue weighted by atomic mass is 16.1. The van der Waals surface area contributed by atoms with Gasteiger partial charge in [-0.2, -0.15) is 0 Å². The van der Waals surface area contributed by atoms with Crippen LogP contribution in [0, 0.1) is 23.7 Å². The van der Waals surface area contributed by atoms with Crippen LogP contribution in [0.5, 0.6) is 0 Å². The second-order valence-electron chi connectivity index (χ2n) is 6.02. The van der Waals surface area contributed by atoms with Gasteiger partial charge in [0.25, 0.3) is 5.91 Å². The number of hydrogen-bond acceptors (Lipinski definition) is 2. The molecule has 3 atom stereocenters. The minimum absolute atomic E-state index is 0.00171. The van der Waals surface area contributed by atoms with E-state index in [-0.39, 0.29) is 5.91 Å². The lowest BCUT2D eigenvalue weighted by Crippen LogP contribution is -2.39. The van der Waals surface area contributed by atoms with E-state index >= 15 is 0 Å². The van der Waals surface area contributed by atoms with Crippen LogP contribution in [0.25, 0.3) is 0 Å². The summed E-state index contributed by atoms with van der Waals surface area (Å²) in [6, 6.07) is 7.71. The molecule has 3 nitrogen and oxygen atoms in total. The molecule has 112 valence electrons. The van der Waals surface area contributed by atoms with Gasteiger partial charge < -0.3 is 11.1 Å². The molecule has 2 rings (SSSR count). The quantitative estimate of drug-likeness (QED) is 0.820. The molecule has 1 aromatic rings. The van der Waals surface area contributed by atoms with Gasteiger partial charge in [0.15, 0.2) is 0 Å². The third-order valence-electron chi connectivity index (χ3n) is 4.39. The second-order valence-corrected chi connectivity index (χ2v) is 6.02.